The average Bonchev–Trinajstić information content (AvgIpc) is 2.40. The Morgan fingerprint density at radius 2 is 1.05 bits per heavy atom. The van der Waals surface area contributed by atoms with Crippen LogP contribution in [0.4, 0.5) is 0 Å². The quantitative estimate of drug-likeness (QED) is 0.454. The molecule has 0 N–H and O–H groups in total. The second kappa shape index (κ2) is 21.4. The van der Waals surface area contributed by atoms with Crippen LogP contribution in [0.2, 0.25) is 0 Å². The Kier molecular flexibility index (Phi) is 29.4. The molecule has 2 unspecified atom stereocenters. The summed E-state index contributed by atoms with van der Waals surface area (Å²) in [6, 6.07) is 0. The van der Waals surface area contributed by atoms with E-state index in [9.17, 15) is 19.8 Å². The van der Waals surface area contributed by atoms with Gasteiger partial charge >= 0.3 is 23.9 Å². The van der Waals surface area contributed by atoms with Crippen LogP contribution in [0.25, 0.3) is 0 Å². The Bertz CT molecular complexity index is 237. The van der Waals surface area contributed by atoms with Crippen molar-refractivity contribution in [3.05, 3.63) is 0 Å². The zero-order valence-electron chi connectivity index (χ0n) is 14.7. The van der Waals surface area contributed by atoms with E-state index in [-0.39, 0.29) is 55.2 Å². The van der Waals surface area contributed by atoms with Gasteiger partial charge in [-0.05, 0) is 37.5 Å². The molecular weight excluding hydrogens is 440 g/mol. The van der Waals surface area contributed by atoms with Crippen LogP contribution in [0, 0.1) is 11.8 Å². The third-order valence-electron chi connectivity index (χ3n) is 3.46. The third-order valence-corrected chi connectivity index (χ3v) is 3.46. The third kappa shape index (κ3) is 18.4. The van der Waals surface area contributed by atoms with Gasteiger partial charge in [0.25, 0.3) is 0 Å². The smallest absolute Gasteiger partial charge is 0.550 e. The molecule has 4 nitrogen and oxygen atoms in total. The van der Waals surface area contributed by atoms with Crippen LogP contribution in [-0.4, -0.2) is 35.8 Å². The zero-order chi connectivity index (χ0) is 16.0. The molecule has 0 aliphatic heterocycles. The molecule has 0 aromatic heterocycles. The van der Waals surface area contributed by atoms with E-state index in [1.54, 1.807) is 0 Å². The molecule has 6 heteroatoms. The minimum absolute atomic E-state index is 0. The molecule has 124 valence electrons. The van der Waals surface area contributed by atoms with E-state index < -0.39 is 11.9 Å². The number of carbonyl (C=O) groups is 2. The van der Waals surface area contributed by atoms with Crippen molar-refractivity contribution in [1.82, 2.24) is 0 Å². The van der Waals surface area contributed by atoms with Crippen molar-refractivity contribution in [2.24, 2.45) is 11.8 Å². The number of carbonyl (C=O) groups excluding carboxylic acids is 2. The molecule has 0 heterocycles. The van der Waals surface area contributed by atoms with Crippen molar-refractivity contribution in [3.63, 3.8) is 0 Å². The summed E-state index contributed by atoms with van der Waals surface area (Å²) in [5.74, 6) is -2.23. The summed E-state index contributed by atoms with van der Waals surface area (Å²) in [4.78, 5) is 20.7. The molecule has 0 aliphatic rings. The maximum Gasteiger partial charge on any atom is 2.00 e. The van der Waals surface area contributed by atoms with Gasteiger partial charge in [-0.15, -0.1) is 0 Å². The number of rotatable bonds is 10. The number of carboxylic acid groups (broad SMARTS) is 2. The van der Waals surface area contributed by atoms with Crippen molar-refractivity contribution >= 4 is 35.8 Å². The topological polar surface area (TPSA) is 80.3 Å². The van der Waals surface area contributed by atoms with E-state index in [1.165, 1.54) is 0 Å². The fourth-order valence-corrected chi connectivity index (χ4v) is 1.88. The summed E-state index contributed by atoms with van der Waals surface area (Å²) in [5, 5.41) is 20.7. The van der Waals surface area contributed by atoms with Crippen LogP contribution in [-0.2, 0) is 29.1 Å². The second-order valence-electron chi connectivity index (χ2n) is 5.13. The molecular formula is C16H30O4SnZn. The maximum absolute atomic E-state index is 10.3. The molecule has 2 atom stereocenters. The average molecular weight is 471 g/mol. The van der Waals surface area contributed by atoms with E-state index in [0.29, 0.717) is 12.8 Å². The first-order valence-electron chi connectivity index (χ1n) is 7.86. The van der Waals surface area contributed by atoms with Crippen molar-refractivity contribution in [2.45, 2.75) is 79.1 Å². The monoisotopic (exact) mass is 470 g/mol. The van der Waals surface area contributed by atoms with E-state index >= 15 is 0 Å². The minimum atomic E-state index is -0.893. The van der Waals surface area contributed by atoms with Crippen molar-refractivity contribution in [3.8, 4) is 0 Å². The van der Waals surface area contributed by atoms with Crippen LogP contribution in [0.5, 0.6) is 0 Å². The largest absolute Gasteiger partial charge is 2.00 e. The minimum Gasteiger partial charge on any atom is -0.550 e. The summed E-state index contributed by atoms with van der Waals surface area (Å²) >= 11 is 0. The SMILES string of the molecule is CCCCC(CC)C(=O)[O-].CCCCC(CC)C(=O)[O-].[Sn+2].[Zn]. The summed E-state index contributed by atoms with van der Waals surface area (Å²) < 4.78 is 0. The summed E-state index contributed by atoms with van der Waals surface area (Å²) in [7, 11) is 0. The van der Waals surface area contributed by atoms with Gasteiger partial charge < -0.3 is 19.8 Å². The van der Waals surface area contributed by atoms with E-state index in [0.717, 1.165) is 38.5 Å². The molecule has 0 bridgehead atoms. The molecule has 0 spiro atoms. The summed E-state index contributed by atoms with van der Waals surface area (Å²) in [5.41, 5.74) is 0. The molecule has 0 aliphatic carbocycles. The molecule has 0 aromatic carbocycles. The van der Waals surface area contributed by atoms with Gasteiger partial charge in [-0.25, -0.2) is 0 Å². The number of aliphatic carboxylic acids is 2. The molecule has 0 fully saturated rings. The van der Waals surface area contributed by atoms with Gasteiger partial charge in [-0.1, -0.05) is 53.4 Å². The predicted molar refractivity (Wildman–Crippen MR) is 82.4 cm³/mol. The zero-order valence-corrected chi connectivity index (χ0v) is 20.5. The Morgan fingerprint density at radius 3 is 1.18 bits per heavy atom. The number of hydrogen-bond donors (Lipinski definition) is 0. The summed E-state index contributed by atoms with van der Waals surface area (Å²) in [6.07, 6.45) is 7.04. The number of hydrogen-bond acceptors (Lipinski definition) is 4. The number of unbranched alkanes of at least 4 members (excludes halogenated alkanes) is 2. The molecule has 0 saturated carbocycles. The van der Waals surface area contributed by atoms with Gasteiger partial charge in [0.05, 0.1) is 0 Å². The first kappa shape index (κ1) is 30.3. The van der Waals surface area contributed by atoms with E-state index in [2.05, 4.69) is 13.8 Å². The second-order valence-corrected chi connectivity index (χ2v) is 5.13. The Morgan fingerprint density at radius 1 is 0.773 bits per heavy atom. The van der Waals surface area contributed by atoms with Gasteiger partial charge in [0.15, 0.2) is 0 Å². The van der Waals surface area contributed by atoms with Crippen molar-refractivity contribution in [2.75, 3.05) is 0 Å². The maximum atomic E-state index is 10.3. The van der Waals surface area contributed by atoms with Gasteiger partial charge in [0, 0.05) is 31.4 Å². The van der Waals surface area contributed by atoms with Gasteiger partial charge in [-0.2, -0.15) is 0 Å². The van der Waals surface area contributed by atoms with Crippen LogP contribution in [0.15, 0.2) is 0 Å². The van der Waals surface area contributed by atoms with Crippen LogP contribution >= 0.6 is 0 Å². The first-order chi connectivity index (χ1) is 9.44. The fraction of sp³-hybridized carbons (Fsp3) is 0.875. The molecule has 0 aromatic rings. The standard InChI is InChI=1S/2C8H16O2.Sn.Zn/c2*1-3-5-6-7(4-2)8(9)10;;/h2*7H,3-6H2,1-2H3,(H,9,10);;/q;;+2;/p-2. The Labute approximate surface area is 165 Å². The fourth-order valence-electron chi connectivity index (χ4n) is 1.88. The van der Waals surface area contributed by atoms with Gasteiger partial charge in [0.1, 0.15) is 0 Å². The van der Waals surface area contributed by atoms with E-state index in [4.69, 9.17) is 0 Å². The Balaban J connectivity index is -0.000000135. The van der Waals surface area contributed by atoms with Crippen molar-refractivity contribution < 1.29 is 39.3 Å². The van der Waals surface area contributed by atoms with Crippen LogP contribution in [0.3, 0.4) is 0 Å². The molecule has 22 heavy (non-hydrogen) atoms. The van der Waals surface area contributed by atoms with Crippen molar-refractivity contribution in [1.29, 1.82) is 0 Å². The predicted octanol–water partition coefficient (Wildman–Crippen LogP) is 1.52. The van der Waals surface area contributed by atoms with Gasteiger partial charge in [-0.3, -0.25) is 0 Å². The molecule has 2 radical (unpaired) electrons. The number of carboxylic acids is 2. The molecule has 0 amide bonds. The van der Waals surface area contributed by atoms with E-state index in [1.807, 2.05) is 13.8 Å². The van der Waals surface area contributed by atoms with Crippen LogP contribution < -0.4 is 10.2 Å². The molecule has 0 rings (SSSR count). The normalized spacial score (nSPS) is 11.8. The van der Waals surface area contributed by atoms with Gasteiger partial charge in [0.2, 0.25) is 0 Å². The first-order valence-corrected chi connectivity index (χ1v) is 7.86. The summed E-state index contributed by atoms with van der Waals surface area (Å²) in [6.45, 7) is 7.89. The Hall–Kier alpha value is 0.362. The molecule has 0 saturated heterocycles. The van der Waals surface area contributed by atoms with Crippen LogP contribution in [0.1, 0.15) is 79.1 Å².